The van der Waals surface area contributed by atoms with E-state index in [4.69, 9.17) is 0 Å². The molecule has 0 aliphatic heterocycles. The maximum atomic E-state index is 9.27. The molecule has 1 aromatic rings. The van der Waals surface area contributed by atoms with E-state index in [9.17, 15) is 5.26 Å². The molecule has 3 atom stereocenters. The van der Waals surface area contributed by atoms with Gasteiger partial charge < -0.3 is 5.32 Å². The summed E-state index contributed by atoms with van der Waals surface area (Å²) in [5, 5.41) is 17.3. The van der Waals surface area contributed by atoms with E-state index in [1.165, 1.54) is 24.8 Å². The predicted octanol–water partition coefficient (Wildman–Crippen LogP) is 3.74. The maximum absolute atomic E-state index is 9.27. The third kappa shape index (κ3) is 3.83. The third-order valence-electron chi connectivity index (χ3n) is 3.80. The Morgan fingerprint density at radius 3 is 3.00 bits per heavy atom. The number of nitrogens with zero attached hydrogens (tertiary/aromatic N) is 1. The summed E-state index contributed by atoms with van der Waals surface area (Å²) < 4.78 is 0. The molecule has 1 aliphatic rings. The van der Waals surface area contributed by atoms with Gasteiger partial charge in [0.2, 0.25) is 0 Å². The number of hydrogen-bond donors (Lipinski definition) is 1. The van der Waals surface area contributed by atoms with Crippen LogP contribution in [0.5, 0.6) is 0 Å². The Morgan fingerprint density at radius 1 is 1.44 bits per heavy atom. The molecule has 1 N–H and O–H groups in total. The van der Waals surface area contributed by atoms with Gasteiger partial charge in [-0.3, -0.25) is 0 Å². The van der Waals surface area contributed by atoms with Crippen LogP contribution in [0.1, 0.15) is 44.6 Å². The average molecular weight is 262 g/mol. The van der Waals surface area contributed by atoms with Crippen LogP contribution in [0.4, 0.5) is 0 Å². The first kappa shape index (κ1) is 13.6. The fraction of sp³-hybridized carbons (Fsp3) is 0.667. The first-order chi connectivity index (χ1) is 8.79. The molecule has 0 saturated heterocycles. The minimum atomic E-state index is 0.206. The largest absolute Gasteiger partial charge is 0.310 e. The maximum Gasteiger partial charge on any atom is 0.0672 e. The van der Waals surface area contributed by atoms with Gasteiger partial charge in [-0.15, -0.1) is 0 Å². The number of nitrogens with one attached hydrogen (secondary N) is 1. The minimum absolute atomic E-state index is 0.206. The Bertz CT molecular complexity index is 380. The van der Waals surface area contributed by atoms with E-state index in [0.717, 1.165) is 19.3 Å². The highest BCUT2D eigenvalue weighted by Gasteiger charge is 2.24. The Balaban J connectivity index is 1.88. The Hall–Kier alpha value is -0.850. The summed E-state index contributed by atoms with van der Waals surface area (Å²) in [6, 6.07) is 5.54. The Labute approximate surface area is 114 Å². The van der Waals surface area contributed by atoms with Crippen LogP contribution >= 0.6 is 11.3 Å². The van der Waals surface area contributed by atoms with Gasteiger partial charge in [0.25, 0.3) is 0 Å². The molecule has 2 nitrogen and oxygen atoms in total. The van der Waals surface area contributed by atoms with Gasteiger partial charge in [0.1, 0.15) is 0 Å². The van der Waals surface area contributed by atoms with Gasteiger partial charge in [-0.25, -0.2) is 0 Å². The topological polar surface area (TPSA) is 35.8 Å². The summed E-state index contributed by atoms with van der Waals surface area (Å²) in [7, 11) is 0. The lowest BCUT2D eigenvalue weighted by atomic mass is 9.95. The number of nitriles is 1. The van der Waals surface area contributed by atoms with Crippen molar-refractivity contribution in [3.63, 3.8) is 0 Å². The zero-order valence-corrected chi connectivity index (χ0v) is 11.9. The van der Waals surface area contributed by atoms with Crippen molar-refractivity contribution in [2.75, 3.05) is 0 Å². The fourth-order valence-corrected chi connectivity index (χ4v) is 3.53. The lowest BCUT2D eigenvalue weighted by molar-refractivity contribution is 0.356. The molecule has 1 fully saturated rings. The van der Waals surface area contributed by atoms with Crippen LogP contribution in [-0.2, 0) is 6.42 Å². The molecule has 0 amide bonds. The van der Waals surface area contributed by atoms with Crippen molar-refractivity contribution in [3.05, 3.63) is 22.4 Å². The highest BCUT2D eigenvalue weighted by atomic mass is 32.1. The van der Waals surface area contributed by atoms with Crippen LogP contribution in [0.3, 0.4) is 0 Å². The van der Waals surface area contributed by atoms with Crippen molar-refractivity contribution in [3.8, 4) is 6.07 Å². The van der Waals surface area contributed by atoms with Gasteiger partial charge in [-0.2, -0.15) is 16.6 Å². The lowest BCUT2D eigenvalue weighted by Gasteiger charge is -2.25. The van der Waals surface area contributed by atoms with Crippen molar-refractivity contribution < 1.29 is 0 Å². The van der Waals surface area contributed by atoms with Gasteiger partial charge in [0.15, 0.2) is 0 Å². The summed E-state index contributed by atoms with van der Waals surface area (Å²) in [6.45, 7) is 2.23. The third-order valence-corrected chi connectivity index (χ3v) is 4.53. The zero-order chi connectivity index (χ0) is 12.8. The summed E-state index contributed by atoms with van der Waals surface area (Å²) in [6.07, 6.45) is 7.06. The second-order valence-electron chi connectivity index (χ2n) is 5.38. The molecule has 1 saturated carbocycles. The van der Waals surface area contributed by atoms with Crippen LogP contribution < -0.4 is 5.32 Å². The SMILES string of the molecule is CC(Cc1ccsc1)NC1CCCCCC1C#N. The van der Waals surface area contributed by atoms with Crippen molar-refractivity contribution in [2.24, 2.45) is 5.92 Å². The van der Waals surface area contributed by atoms with Crippen molar-refractivity contribution in [1.82, 2.24) is 5.32 Å². The molecule has 0 radical (unpaired) electrons. The van der Waals surface area contributed by atoms with Crippen LogP contribution in [-0.4, -0.2) is 12.1 Å². The Morgan fingerprint density at radius 2 is 2.28 bits per heavy atom. The molecule has 0 bridgehead atoms. The molecule has 1 heterocycles. The lowest BCUT2D eigenvalue weighted by Crippen LogP contribution is -2.41. The van der Waals surface area contributed by atoms with Crippen LogP contribution in [0.2, 0.25) is 0 Å². The van der Waals surface area contributed by atoms with Crippen LogP contribution in [0.25, 0.3) is 0 Å². The monoisotopic (exact) mass is 262 g/mol. The van der Waals surface area contributed by atoms with Crippen molar-refractivity contribution in [2.45, 2.75) is 57.5 Å². The van der Waals surface area contributed by atoms with E-state index in [1.54, 1.807) is 11.3 Å². The normalized spacial score (nSPS) is 26.2. The molecule has 3 heteroatoms. The Kier molecular flexibility index (Phi) is 5.22. The number of rotatable bonds is 4. The molecule has 1 aromatic heterocycles. The van der Waals surface area contributed by atoms with E-state index in [1.807, 2.05) is 0 Å². The van der Waals surface area contributed by atoms with Gasteiger partial charge in [0.05, 0.1) is 12.0 Å². The number of hydrogen-bond acceptors (Lipinski definition) is 3. The second kappa shape index (κ2) is 6.92. The highest BCUT2D eigenvalue weighted by Crippen LogP contribution is 2.23. The van der Waals surface area contributed by atoms with Gasteiger partial charge in [0, 0.05) is 12.1 Å². The van der Waals surface area contributed by atoms with Crippen LogP contribution in [0.15, 0.2) is 16.8 Å². The molecule has 0 aromatic carbocycles. The molecule has 0 spiro atoms. The van der Waals surface area contributed by atoms with Crippen molar-refractivity contribution >= 4 is 11.3 Å². The van der Waals surface area contributed by atoms with Crippen LogP contribution in [0, 0.1) is 17.2 Å². The quantitative estimate of drug-likeness (QED) is 0.839. The summed E-state index contributed by atoms with van der Waals surface area (Å²) >= 11 is 1.76. The minimum Gasteiger partial charge on any atom is -0.310 e. The van der Waals surface area contributed by atoms with Gasteiger partial charge >= 0.3 is 0 Å². The molecular weight excluding hydrogens is 240 g/mol. The number of thiophene rings is 1. The van der Waals surface area contributed by atoms with E-state index >= 15 is 0 Å². The fourth-order valence-electron chi connectivity index (χ4n) is 2.85. The summed E-state index contributed by atoms with van der Waals surface area (Å²) in [4.78, 5) is 0. The predicted molar refractivity (Wildman–Crippen MR) is 76.6 cm³/mol. The van der Waals surface area contributed by atoms with Gasteiger partial charge in [-0.1, -0.05) is 19.3 Å². The second-order valence-corrected chi connectivity index (χ2v) is 6.16. The van der Waals surface area contributed by atoms with E-state index in [2.05, 4.69) is 35.1 Å². The molecular formula is C15H22N2S. The smallest absolute Gasteiger partial charge is 0.0672 e. The molecule has 3 unspecified atom stereocenters. The summed E-state index contributed by atoms with van der Waals surface area (Å²) in [5.41, 5.74) is 1.40. The molecule has 2 rings (SSSR count). The van der Waals surface area contributed by atoms with E-state index in [-0.39, 0.29) is 5.92 Å². The first-order valence-corrected chi connectivity index (χ1v) is 7.90. The molecule has 98 valence electrons. The van der Waals surface area contributed by atoms with E-state index in [0.29, 0.717) is 12.1 Å². The van der Waals surface area contributed by atoms with Crippen molar-refractivity contribution in [1.29, 1.82) is 5.26 Å². The zero-order valence-electron chi connectivity index (χ0n) is 11.1. The average Bonchev–Trinajstić information content (AvgIpc) is 2.75. The molecule has 1 aliphatic carbocycles. The van der Waals surface area contributed by atoms with Gasteiger partial charge in [-0.05, 0) is 48.6 Å². The molecule has 18 heavy (non-hydrogen) atoms. The summed E-state index contributed by atoms with van der Waals surface area (Å²) in [5.74, 6) is 0.206. The first-order valence-electron chi connectivity index (χ1n) is 6.96. The highest BCUT2D eigenvalue weighted by molar-refractivity contribution is 7.07. The van der Waals surface area contributed by atoms with E-state index < -0.39 is 0 Å². The standard InChI is InChI=1S/C15H22N2S/c1-12(9-13-7-8-18-11-13)17-15-6-4-2-3-5-14(15)10-16/h7-8,11-12,14-15,17H,2-6,9H2,1H3.